The zero-order valence-electron chi connectivity index (χ0n) is 19.0. The molecule has 2 N–H and O–H groups in total. The summed E-state index contributed by atoms with van der Waals surface area (Å²) < 4.78 is 5.79. The van der Waals surface area contributed by atoms with Crippen molar-refractivity contribution in [1.82, 2.24) is 9.97 Å². The van der Waals surface area contributed by atoms with E-state index in [1.54, 1.807) is 30.4 Å². The number of H-pyrrole nitrogens is 1. The normalized spacial score (nSPS) is 16.1. The number of hydrogen-bond acceptors (Lipinski definition) is 6. The van der Waals surface area contributed by atoms with Crippen LogP contribution in [0.2, 0.25) is 0 Å². The minimum atomic E-state index is -0.435. The molecule has 2 unspecified atom stereocenters. The second-order valence-electron chi connectivity index (χ2n) is 8.59. The van der Waals surface area contributed by atoms with Crippen molar-refractivity contribution in [2.75, 3.05) is 5.32 Å². The lowest BCUT2D eigenvalue weighted by molar-refractivity contribution is -0.115. The van der Waals surface area contributed by atoms with E-state index < -0.39 is 5.25 Å². The quantitative estimate of drug-likeness (QED) is 0.254. The lowest BCUT2D eigenvalue weighted by Gasteiger charge is -2.17. The van der Waals surface area contributed by atoms with Crippen molar-refractivity contribution in [3.8, 4) is 11.5 Å². The van der Waals surface area contributed by atoms with Crippen LogP contribution in [0, 0.1) is 5.92 Å². The third-order valence-corrected chi connectivity index (χ3v) is 8.03. The average Bonchev–Trinajstić information content (AvgIpc) is 3.18. The van der Waals surface area contributed by atoms with Crippen molar-refractivity contribution >= 4 is 44.9 Å². The molecular formula is C26H25N3O3S2. The van der Waals surface area contributed by atoms with Gasteiger partial charge in [0.15, 0.2) is 5.16 Å². The van der Waals surface area contributed by atoms with Crippen LogP contribution in [0.5, 0.6) is 11.5 Å². The molecule has 1 amide bonds. The van der Waals surface area contributed by atoms with Crippen molar-refractivity contribution in [2.45, 2.75) is 43.5 Å². The number of thiophene rings is 1. The third kappa shape index (κ3) is 4.88. The minimum absolute atomic E-state index is 0.110. The van der Waals surface area contributed by atoms with Crippen LogP contribution in [-0.4, -0.2) is 21.1 Å². The Balaban J connectivity index is 1.25. The van der Waals surface area contributed by atoms with Gasteiger partial charge in [0.1, 0.15) is 16.3 Å². The molecule has 2 aromatic heterocycles. The number of anilines is 1. The van der Waals surface area contributed by atoms with E-state index in [0.717, 1.165) is 40.8 Å². The molecule has 2 atom stereocenters. The number of carbonyl (C=O) groups is 1. The van der Waals surface area contributed by atoms with Gasteiger partial charge in [-0.15, -0.1) is 11.3 Å². The zero-order valence-corrected chi connectivity index (χ0v) is 20.6. The summed E-state index contributed by atoms with van der Waals surface area (Å²) in [5.41, 5.74) is 1.73. The molecule has 0 radical (unpaired) electrons. The molecule has 0 saturated carbocycles. The van der Waals surface area contributed by atoms with E-state index in [4.69, 9.17) is 4.74 Å². The van der Waals surface area contributed by atoms with Crippen molar-refractivity contribution < 1.29 is 9.53 Å². The number of benzene rings is 2. The van der Waals surface area contributed by atoms with Crippen LogP contribution < -0.4 is 15.6 Å². The van der Waals surface area contributed by atoms with Crippen molar-refractivity contribution in [1.29, 1.82) is 0 Å². The second kappa shape index (κ2) is 9.64. The van der Waals surface area contributed by atoms with E-state index in [0.29, 0.717) is 22.5 Å². The summed E-state index contributed by atoms with van der Waals surface area (Å²) in [6.07, 6.45) is 3.04. The molecule has 0 aliphatic heterocycles. The number of aromatic nitrogens is 2. The smallest absolute Gasteiger partial charge is 0.260 e. The number of nitrogens with zero attached hydrogens (tertiary/aromatic N) is 1. The van der Waals surface area contributed by atoms with Gasteiger partial charge in [-0.1, -0.05) is 36.9 Å². The fraction of sp³-hybridized carbons (Fsp3) is 0.269. The Bertz CT molecular complexity index is 1380. The van der Waals surface area contributed by atoms with Gasteiger partial charge in [0.25, 0.3) is 5.56 Å². The Hall–Kier alpha value is -3.10. The number of rotatable bonds is 6. The molecular weight excluding hydrogens is 466 g/mol. The van der Waals surface area contributed by atoms with Gasteiger partial charge < -0.3 is 15.0 Å². The molecule has 2 aromatic carbocycles. The number of aryl methyl sites for hydroxylation is 1. The van der Waals surface area contributed by atoms with Crippen LogP contribution in [0.25, 0.3) is 10.2 Å². The number of amides is 1. The van der Waals surface area contributed by atoms with E-state index in [2.05, 4.69) is 22.2 Å². The molecule has 4 aromatic rings. The Morgan fingerprint density at radius 3 is 2.68 bits per heavy atom. The zero-order chi connectivity index (χ0) is 23.7. The number of aromatic amines is 1. The molecule has 5 rings (SSSR count). The maximum Gasteiger partial charge on any atom is 0.260 e. The standard InChI is InChI=1S/C26H25N3O3S2/c1-15-8-13-20-21(14-15)34-25-22(20)24(31)28-26(29-25)33-16(2)23(30)27-17-9-11-19(12-10-17)32-18-6-4-3-5-7-18/h3-7,9-12,15-16H,8,13-14H2,1-2H3,(H,27,30)(H,28,29,31). The van der Waals surface area contributed by atoms with E-state index >= 15 is 0 Å². The highest BCUT2D eigenvalue weighted by atomic mass is 32.2. The van der Waals surface area contributed by atoms with Crippen molar-refractivity contribution in [3.05, 3.63) is 75.4 Å². The number of ether oxygens (including phenoxy) is 1. The largest absolute Gasteiger partial charge is 0.457 e. The molecule has 0 saturated heterocycles. The highest BCUT2D eigenvalue weighted by molar-refractivity contribution is 8.00. The maximum atomic E-state index is 12.8. The van der Waals surface area contributed by atoms with E-state index in [9.17, 15) is 9.59 Å². The highest BCUT2D eigenvalue weighted by Crippen LogP contribution is 2.36. The first kappa shape index (κ1) is 22.7. The second-order valence-corrected chi connectivity index (χ2v) is 11.0. The summed E-state index contributed by atoms with van der Waals surface area (Å²) in [7, 11) is 0. The molecule has 0 spiro atoms. The molecule has 8 heteroatoms. The Labute approximate surface area is 205 Å². The monoisotopic (exact) mass is 491 g/mol. The van der Waals surface area contributed by atoms with Gasteiger partial charge in [-0.05, 0) is 74.1 Å². The summed E-state index contributed by atoms with van der Waals surface area (Å²) in [4.78, 5) is 35.2. The average molecular weight is 492 g/mol. The lowest BCUT2D eigenvalue weighted by Crippen LogP contribution is -2.23. The lowest BCUT2D eigenvalue weighted by atomic mass is 9.89. The topological polar surface area (TPSA) is 84.1 Å². The summed E-state index contributed by atoms with van der Waals surface area (Å²) in [6.45, 7) is 4.05. The number of carbonyl (C=O) groups excluding carboxylic acids is 1. The molecule has 1 aliphatic carbocycles. The predicted molar refractivity (Wildman–Crippen MR) is 138 cm³/mol. The molecule has 0 bridgehead atoms. The highest BCUT2D eigenvalue weighted by Gasteiger charge is 2.24. The van der Waals surface area contributed by atoms with Crippen LogP contribution in [0.4, 0.5) is 5.69 Å². The molecule has 2 heterocycles. The van der Waals surface area contributed by atoms with Crippen LogP contribution in [0.1, 0.15) is 30.7 Å². The summed E-state index contributed by atoms with van der Waals surface area (Å²) in [5, 5.41) is 3.68. The van der Waals surface area contributed by atoms with Gasteiger partial charge in [0.05, 0.1) is 10.6 Å². The Kier molecular flexibility index (Phi) is 6.43. The molecule has 0 fully saturated rings. The fourth-order valence-corrected chi connectivity index (χ4v) is 6.32. The molecule has 34 heavy (non-hydrogen) atoms. The van der Waals surface area contributed by atoms with Crippen LogP contribution in [-0.2, 0) is 17.6 Å². The van der Waals surface area contributed by atoms with Gasteiger partial charge in [-0.3, -0.25) is 9.59 Å². The van der Waals surface area contributed by atoms with Gasteiger partial charge in [-0.25, -0.2) is 4.98 Å². The first-order chi connectivity index (χ1) is 16.5. The number of para-hydroxylation sites is 1. The van der Waals surface area contributed by atoms with Crippen molar-refractivity contribution in [2.24, 2.45) is 5.92 Å². The fourth-order valence-electron chi connectivity index (χ4n) is 4.08. The first-order valence-corrected chi connectivity index (χ1v) is 13.0. The van der Waals surface area contributed by atoms with Gasteiger partial charge >= 0.3 is 0 Å². The van der Waals surface area contributed by atoms with E-state index in [1.807, 2.05) is 42.5 Å². The summed E-state index contributed by atoms with van der Waals surface area (Å²) in [6, 6.07) is 16.8. The SMILES string of the molecule is CC1CCc2c(sc3nc(SC(C)C(=O)Nc4ccc(Oc5ccccc5)cc4)[nH]c(=O)c23)C1. The summed E-state index contributed by atoms with van der Waals surface area (Å²) in [5.74, 6) is 1.92. The first-order valence-electron chi connectivity index (χ1n) is 11.3. The molecule has 6 nitrogen and oxygen atoms in total. The Morgan fingerprint density at radius 2 is 1.91 bits per heavy atom. The predicted octanol–water partition coefficient (Wildman–Crippen LogP) is 6.02. The van der Waals surface area contributed by atoms with Crippen LogP contribution >= 0.6 is 23.1 Å². The number of hydrogen-bond donors (Lipinski definition) is 2. The number of thioether (sulfide) groups is 1. The van der Waals surface area contributed by atoms with Crippen LogP contribution in [0.15, 0.2) is 64.5 Å². The van der Waals surface area contributed by atoms with Gasteiger partial charge in [0, 0.05) is 10.6 Å². The van der Waals surface area contributed by atoms with Gasteiger partial charge in [0.2, 0.25) is 5.91 Å². The summed E-state index contributed by atoms with van der Waals surface area (Å²) >= 11 is 2.87. The molecule has 1 aliphatic rings. The maximum absolute atomic E-state index is 12.8. The minimum Gasteiger partial charge on any atom is -0.457 e. The molecule has 174 valence electrons. The van der Waals surface area contributed by atoms with E-state index in [1.165, 1.54) is 16.6 Å². The van der Waals surface area contributed by atoms with E-state index in [-0.39, 0.29) is 11.5 Å². The number of fused-ring (bicyclic) bond motifs is 3. The van der Waals surface area contributed by atoms with Gasteiger partial charge in [-0.2, -0.15) is 0 Å². The Morgan fingerprint density at radius 1 is 1.18 bits per heavy atom. The third-order valence-electron chi connectivity index (χ3n) is 5.90. The number of nitrogens with one attached hydrogen (secondary N) is 2. The van der Waals surface area contributed by atoms with Crippen molar-refractivity contribution in [3.63, 3.8) is 0 Å². The van der Waals surface area contributed by atoms with Crippen LogP contribution in [0.3, 0.4) is 0 Å².